The molecule has 1 aliphatic heterocycles. The molecule has 2 aromatic carbocycles. The summed E-state index contributed by atoms with van der Waals surface area (Å²) < 4.78 is 43.4. The topological polar surface area (TPSA) is 88.2 Å². The van der Waals surface area contributed by atoms with Gasteiger partial charge >= 0.3 is 6.03 Å². The van der Waals surface area contributed by atoms with Crippen molar-refractivity contribution in [1.29, 1.82) is 0 Å². The smallest absolute Gasteiger partial charge is 0.323 e. The van der Waals surface area contributed by atoms with Gasteiger partial charge < -0.3 is 29.7 Å². The second-order valence-corrected chi connectivity index (χ2v) is 8.72. The number of hydrogen-bond donors (Lipinski definition) is 2. The molecule has 2 heterocycles. The van der Waals surface area contributed by atoms with E-state index in [9.17, 15) is 13.6 Å². The zero-order valence-corrected chi connectivity index (χ0v) is 21.6. The minimum absolute atomic E-state index is 0.117. The average molecular weight is 528 g/mol. The lowest BCUT2D eigenvalue weighted by Crippen LogP contribution is -2.31. The van der Waals surface area contributed by atoms with Gasteiger partial charge in [0, 0.05) is 44.4 Å². The van der Waals surface area contributed by atoms with Crippen LogP contribution >= 0.6 is 0 Å². The minimum Gasteiger partial charge on any atom is -0.493 e. The SMILES string of the molecule is COc1ccc(CN2CCCN(c3ccc(NC(=O)Nc4ccc(F)cc4F)cn3)CC2)c(OC)c1OC. The van der Waals surface area contributed by atoms with E-state index in [2.05, 4.69) is 25.4 Å². The maximum atomic E-state index is 13.8. The molecule has 0 radical (unpaired) electrons. The van der Waals surface area contributed by atoms with Crippen molar-refractivity contribution in [3.8, 4) is 17.2 Å². The van der Waals surface area contributed by atoms with Gasteiger partial charge in [-0.2, -0.15) is 0 Å². The number of ether oxygens (including phenoxy) is 3. The first-order valence-corrected chi connectivity index (χ1v) is 12.2. The number of pyridine rings is 1. The molecule has 2 N–H and O–H groups in total. The normalized spacial score (nSPS) is 14.0. The molecule has 1 fully saturated rings. The van der Waals surface area contributed by atoms with Crippen molar-refractivity contribution in [3.05, 3.63) is 65.9 Å². The van der Waals surface area contributed by atoms with E-state index in [4.69, 9.17) is 14.2 Å². The number of benzene rings is 2. The van der Waals surface area contributed by atoms with Crippen LogP contribution < -0.4 is 29.7 Å². The van der Waals surface area contributed by atoms with E-state index in [1.807, 2.05) is 18.2 Å². The Kier molecular flexibility index (Phi) is 8.80. The number of rotatable bonds is 8. The van der Waals surface area contributed by atoms with Crippen molar-refractivity contribution in [2.45, 2.75) is 13.0 Å². The van der Waals surface area contributed by atoms with Gasteiger partial charge in [-0.1, -0.05) is 6.07 Å². The third kappa shape index (κ3) is 6.41. The molecule has 9 nitrogen and oxygen atoms in total. The van der Waals surface area contributed by atoms with Crippen molar-refractivity contribution >= 4 is 23.2 Å². The molecule has 0 atom stereocenters. The molecule has 0 saturated carbocycles. The molecule has 1 aromatic heterocycles. The highest BCUT2D eigenvalue weighted by Crippen LogP contribution is 2.40. The summed E-state index contributed by atoms with van der Waals surface area (Å²) in [4.78, 5) is 21.3. The van der Waals surface area contributed by atoms with Gasteiger partial charge in [0.15, 0.2) is 11.5 Å². The fourth-order valence-electron chi connectivity index (χ4n) is 4.41. The Morgan fingerprint density at radius 3 is 2.42 bits per heavy atom. The predicted molar refractivity (Wildman–Crippen MR) is 141 cm³/mol. The fourth-order valence-corrected chi connectivity index (χ4v) is 4.41. The number of methoxy groups -OCH3 is 3. The summed E-state index contributed by atoms with van der Waals surface area (Å²) >= 11 is 0. The highest BCUT2D eigenvalue weighted by Gasteiger charge is 2.21. The summed E-state index contributed by atoms with van der Waals surface area (Å²) in [6.07, 6.45) is 2.50. The number of halogens is 2. The van der Waals surface area contributed by atoms with E-state index >= 15 is 0 Å². The summed E-state index contributed by atoms with van der Waals surface area (Å²) in [5, 5.41) is 4.97. The van der Waals surface area contributed by atoms with Crippen LogP contribution in [-0.4, -0.2) is 63.4 Å². The van der Waals surface area contributed by atoms with E-state index in [0.717, 1.165) is 56.1 Å². The van der Waals surface area contributed by atoms with Crippen LogP contribution in [0, 0.1) is 11.6 Å². The van der Waals surface area contributed by atoms with E-state index < -0.39 is 17.7 Å². The first-order chi connectivity index (χ1) is 18.4. The third-order valence-corrected chi connectivity index (χ3v) is 6.28. The third-order valence-electron chi connectivity index (χ3n) is 6.28. The van der Waals surface area contributed by atoms with Crippen LogP contribution in [0.25, 0.3) is 0 Å². The molecule has 2 amide bonds. The maximum Gasteiger partial charge on any atom is 0.323 e. The van der Waals surface area contributed by atoms with Crippen LogP contribution in [0.5, 0.6) is 17.2 Å². The molecule has 0 spiro atoms. The van der Waals surface area contributed by atoms with E-state index in [0.29, 0.717) is 35.5 Å². The molecular weight excluding hydrogens is 496 g/mol. The van der Waals surface area contributed by atoms with Crippen LogP contribution in [0.1, 0.15) is 12.0 Å². The van der Waals surface area contributed by atoms with Gasteiger partial charge in [-0.15, -0.1) is 0 Å². The molecule has 4 rings (SSSR count). The van der Waals surface area contributed by atoms with Gasteiger partial charge in [-0.05, 0) is 36.8 Å². The molecular formula is C27H31F2N5O4. The minimum atomic E-state index is -0.853. The number of anilines is 3. The average Bonchev–Trinajstić information content (AvgIpc) is 3.16. The van der Waals surface area contributed by atoms with E-state index in [1.165, 1.54) is 0 Å². The van der Waals surface area contributed by atoms with Crippen LogP contribution in [0.2, 0.25) is 0 Å². The van der Waals surface area contributed by atoms with E-state index in [-0.39, 0.29) is 5.69 Å². The van der Waals surface area contributed by atoms with Gasteiger partial charge in [-0.25, -0.2) is 18.6 Å². The summed E-state index contributed by atoms with van der Waals surface area (Å²) in [6, 6.07) is 9.74. The van der Waals surface area contributed by atoms with Gasteiger partial charge in [0.2, 0.25) is 5.75 Å². The molecule has 1 saturated heterocycles. The first kappa shape index (κ1) is 26.9. The predicted octanol–water partition coefficient (Wildman–Crippen LogP) is 4.74. The standard InChI is InChI=1S/C27H31F2N5O4/c1-36-23-9-5-18(25(37-2)26(23)38-3)17-33-11-4-12-34(14-13-33)24-10-7-20(16-30-24)31-27(35)32-22-8-6-19(28)15-21(22)29/h5-10,15-16H,4,11-14,17H2,1-3H3,(H2,31,32,35). The zero-order chi connectivity index (χ0) is 27.1. The summed E-state index contributed by atoms with van der Waals surface area (Å²) in [6.45, 7) is 4.05. The second kappa shape index (κ2) is 12.4. The Morgan fingerprint density at radius 2 is 1.74 bits per heavy atom. The number of carbonyl (C=O) groups is 1. The number of amides is 2. The van der Waals surface area contributed by atoms with E-state index in [1.54, 1.807) is 33.6 Å². The molecule has 3 aromatic rings. The van der Waals surface area contributed by atoms with Crippen LogP contribution in [0.4, 0.5) is 30.8 Å². The lowest BCUT2D eigenvalue weighted by Gasteiger charge is -2.24. The molecule has 11 heteroatoms. The Hall–Kier alpha value is -4.12. The Morgan fingerprint density at radius 1 is 0.921 bits per heavy atom. The number of carbonyl (C=O) groups excluding carboxylic acids is 1. The number of urea groups is 1. The molecule has 1 aliphatic rings. The van der Waals surface area contributed by atoms with Crippen molar-refractivity contribution in [2.24, 2.45) is 0 Å². The fraction of sp³-hybridized carbons (Fsp3) is 0.333. The summed E-state index contributed by atoms with van der Waals surface area (Å²) in [5.41, 5.74) is 1.35. The number of nitrogens with zero attached hydrogens (tertiary/aromatic N) is 3. The molecule has 38 heavy (non-hydrogen) atoms. The number of nitrogens with one attached hydrogen (secondary N) is 2. The van der Waals surface area contributed by atoms with Crippen LogP contribution in [0.15, 0.2) is 48.7 Å². The Balaban J connectivity index is 1.34. The molecule has 0 bridgehead atoms. The molecule has 0 aliphatic carbocycles. The monoisotopic (exact) mass is 527 g/mol. The Bertz CT molecular complexity index is 1260. The van der Waals surface area contributed by atoms with Gasteiger partial charge in [-0.3, -0.25) is 4.90 Å². The molecule has 202 valence electrons. The van der Waals surface area contributed by atoms with Gasteiger partial charge in [0.05, 0.1) is 38.9 Å². The van der Waals surface area contributed by atoms with Crippen LogP contribution in [-0.2, 0) is 6.54 Å². The number of hydrogen-bond acceptors (Lipinski definition) is 7. The lowest BCUT2D eigenvalue weighted by molar-refractivity contribution is 0.262. The van der Waals surface area contributed by atoms with Crippen molar-refractivity contribution in [2.75, 3.05) is 63.0 Å². The largest absolute Gasteiger partial charge is 0.493 e. The second-order valence-electron chi connectivity index (χ2n) is 8.72. The van der Waals surface area contributed by atoms with Crippen LogP contribution in [0.3, 0.4) is 0 Å². The Labute approximate surface area is 220 Å². The van der Waals surface area contributed by atoms with Gasteiger partial charge in [0.1, 0.15) is 17.5 Å². The maximum absolute atomic E-state index is 13.8. The highest BCUT2D eigenvalue weighted by molar-refractivity contribution is 5.99. The van der Waals surface area contributed by atoms with Gasteiger partial charge in [0.25, 0.3) is 0 Å². The number of aromatic nitrogens is 1. The summed E-state index contributed by atoms with van der Waals surface area (Å²) in [7, 11) is 4.82. The van der Waals surface area contributed by atoms with Crippen molar-refractivity contribution in [1.82, 2.24) is 9.88 Å². The van der Waals surface area contributed by atoms with Crippen molar-refractivity contribution < 1.29 is 27.8 Å². The first-order valence-electron chi connectivity index (χ1n) is 12.2. The lowest BCUT2D eigenvalue weighted by atomic mass is 10.1. The quantitative estimate of drug-likeness (QED) is 0.438. The zero-order valence-electron chi connectivity index (χ0n) is 21.6. The van der Waals surface area contributed by atoms with Crippen molar-refractivity contribution in [3.63, 3.8) is 0 Å². The molecule has 0 unspecified atom stereocenters. The summed E-state index contributed by atoms with van der Waals surface area (Å²) in [5.74, 6) is 1.10. The highest BCUT2D eigenvalue weighted by atomic mass is 19.1.